The van der Waals surface area contributed by atoms with E-state index < -0.39 is 0 Å². The van der Waals surface area contributed by atoms with Crippen molar-refractivity contribution in [2.24, 2.45) is 0 Å². The van der Waals surface area contributed by atoms with Crippen LogP contribution in [-0.2, 0) is 6.42 Å². The zero-order valence-electron chi connectivity index (χ0n) is 46.2. The number of halogens is 1. The largest absolute Gasteiger partial charge is 0.494 e. The van der Waals surface area contributed by atoms with Gasteiger partial charge in [-0.05, 0) is 185 Å². The Morgan fingerprint density at radius 3 is 1.28 bits per heavy atom. The molecule has 0 unspecified atom stereocenters. The Labute approximate surface area is 496 Å². The second kappa shape index (κ2) is 28.3. The van der Waals surface area contributed by atoms with E-state index in [0.717, 1.165) is 122 Å². The van der Waals surface area contributed by atoms with Gasteiger partial charge in [-0.1, -0.05) is 199 Å². The van der Waals surface area contributed by atoms with E-state index in [-0.39, 0.29) is 0 Å². The number of anilines is 3. The van der Waals surface area contributed by atoms with Crippen LogP contribution in [0.1, 0.15) is 79.2 Å². The molecular weight excluding hydrogens is 1090 g/mol. The van der Waals surface area contributed by atoms with Gasteiger partial charge >= 0.3 is 0 Å². The minimum Gasteiger partial charge on any atom is -0.494 e. The Hall–Kier alpha value is -8.49. The van der Waals surface area contributed by atoms with E-state index in [1.807, 2.05) is 12.1 Å². The first-order valence-electron chi connectivity index (χ1n) is 28.8. The third-order valence-electron chi connectivity index (χ3n) is 14.8. The van der Waals surface area contributed by atoms with Crippen LogP contribution in [0.2, 0.25) is 0 Å². The highest BCUT2D eigenvalue weighted by Crippen LogP contribution is 2.40. The second-order valence-electron chi connectivity index (χ2n) is 20.6. The second-order valence-corrected chi connectivity index (χ2v) is 22.5. The van der Waals surface area contributed by atoms with Crippen LogP contribution in [0.4, 0.5) is 17.1 Å². The Balaban J connectivity index is 0.563. The number of benzene rings is 10. The quantitative estimate of drug-likeness (QED) is 0.0399. The summed E-state index contributed by atoms with van der Waals surface area (Å²) >= 11 is 5.29. The molecule has 0 atom stereocenters. The number of para-hydroxylation sites is 1. The summed E-state index contributed by atoms with van der Waals surface area (Å²) in [5.41, 5.74) is 16.4. The first-order chi connectivity index (χ1) is 40.6. The molecule has 0 aliphatic rings. The zero-order valence-corrected chi connectivity index (χ0v) is 48.6. The molecule has 11 aromatic rings. The number of rotatable bonds is 26. The summed E-state index contributed by atoms with van der Waals surface area (Å²) in [5, 5.41) is 1.00. The van der Waals surface area contributed by atoms with Gasteiger partial charge in [-0.25, -0.2) is 4.98 Å². The van der Waals surface area contributed by atoms with Crippen molar-refractivity contribution in [3.05, 3.63) is 293 Å². The van der Waals surface area contributed by atoms with Gasteiger partial charge in [0.2, 0.25) is 0 Å². The molecule has 0 aliphatic carbocycles. The molecule has 0 saturated heterocycles. The summed E-state index contributed by atoms with van der Waals surface area (Å²) in [6.45, 7) is 2.13. The maximum atomic E-state index is 6.21. The summed E-state index contributed by atoms with van der Waals surface area (Å²) in [6.07, 6.45) is 9.84. The van der Waals surface area contributed by atoms with Gasteiger partial charge in [-0.15, -0.1) is 11.3 Å². The van der Waals surface area contributed by atoms with Crippen molar-refractivity contribution in [1.29, 1.82) is 0 Å². The Kier molecular flexibility index (Phi) is 19.1. The van der Waals surface area contributed by atoms with E-state index in [9.17, 15) is 0 Å². The molecule has 82 heavy (non-hydrogen) atoms. The zero-order chi connectivity index (χ0) is 55.6. The minimum absolute atomic E-state index is 0.689. The Bertz CT molecular complexity index is 3700. The van der Waals surface area contributed by atoms with Crippen molar-refractivity contribution in [3.63, 3.8) is 0 Å². The molecule has 11 rings (SSSR count). The molecule has 0 saturated carbocycles. The number of ether oxygens (including phenoxy) is 3. The van der Waals surface area contributed by atoms with E-state index in [0.29, 0.717) is 13.2 Å². The van der Waals surface area contributed by atoms with Gasteiger partial charge in [0.25, 0.3) is 0 Å². The molecule has 7 heteroatoms. The van der Waals surface area contributed by atoms with E-state index in [1.54, 1.807) is 11.3 Å². The third-order valence-corrected chi connectivity index (χ3v) is 16.4. The topological polar surface area (TPSA) is 43.8 Å². The molecule has 1 heterocycles. The number of unbranched alkanes of at least 4 members (excludes halogenated alkanes) is 6. The average Bonchev–Trinajstić information content (AvgIpc) is 4.07. The highest BCUT2D eigenvalue weighted by molar-refractivity contribution is 9.10. The number of thiazole rings is 1. The number of hydrogen-bond acceptors (Lipinski definition) is 6. The lowest BCUT2D eigenvalue weighted by Gasteiger charge is -2.25. The monoisotopic (exact) mass is 1150 g/mol. The fourth-order valence-corrected chi connectivity index (χ4v) is 11.7. The first kappa shape index (κ1) is 55.4. The van der Waals surface area contributed by atoms with Crippen molar-refractivity contribution in [1.82, 2.24) is 4.98 Å². The molecule has 1 aromatic heterocycles. The van der Waals surface area contributed by atoms with Crippen molar-refractivity contribution in [2.45, 2.75) is 57.8 Å². The fourth-order valence-electron chi connectivity index (χ4n) is 10.4. The summed E-state index contributed by atoms with van der Waals surface area (Å²) in [5.74, 6) is 2.72. The first-order valence-corrected chi connectivity index (χ1v) is 30.4. The summed E-state index contributed by atoms with van der Waals surface area (Å²) in [7, 11) is 0. The molecule has 0 aliphatic heterocycles. The van der Waals surface area contributed by atoms with Crippen LogP contribution in [0.3, 0.4) is 0 Å². The molecule has 0 spiro atoms. The van der Waals surface area contributed by atoms with Gasteiger partial charge < -0.3 is 19.1 Å². The maximum absolute atomic E-state index is 6.21. The van der Waals surface area contributed by atoms with Crippen LogP contribution in [-0.4, -0.2) is 24.8 Å². The molecular formula is C75H67BrN2O3S. The van der Waals surface area contributed by atoms with Crippen LogP contribution >= 0.6 is 27.3 Å². The van der Waals surface area contributed by atoms with E-state index >= 15 is 0 Å². The summed E-state index contributed by atoms with van der Waals surface area (Å²) < 4.78 is 20.7. The van der Waals surface area contributed by atoms with Crippen molar-refractivity contribution in [2.75, 3.05) is 24.7 Å². The van der Waals surface area contributed by atoms with Gasteiger partial charge in [0, 0.05) is 27.1 Å². The fraction of sp³-hybridized carbons (Fsp3) is 0.160. The SMILES string of the molecule is Brc1ccc(N(c2ccccc2)c2ccc(-c3nc4ccc(OCCCCCCCCOc5ccc(-c6ccc(OCCCCc7ccc(C(=C(c8ccccc8)c8ccccc8)c8ccccc8)cc7)cc6)cc5)cc4s3)cc2)cc1. The number of nitrogens with zero attached hydrogens (tertiary/aromatic N) is 2. The number of hydrogen-bond donors (Lipinski definition) is 0. The average molecular weight is 1160 g/mol. The normalized spacial score (nSPS) is 11.1. The predicted molar refractivity (Wildman–Crippen MR) is 347 cm³/mol. The molecule has 5 nitrogen and oxygen atoms in total. The van der Waals surface area contributed by atoms with Crippen LogP contribution < -0.4 is 19.1 Å². The standard InChI is InChI=1S/C75H67BrN2O3S/c76-64-40-44-67(45-41-64)78(65-28-15-8-16-29-65)66-42-34-63(35-43-66)75-77-71-51-50-70(55-72(71)82-75)81-53-19-4-2-1-3-18-52-79-68-46-36-57(37-47-68)58-38-48-69(49-39-58)80-54-20-17-21-56-30-32-62(33-31-56)74(61-26-13-7-14-27-61)73(59-22-9-5-10-23-59)60-24-11-6-12-25-60/h5-16,22-51,55H,1-4,17-21,52-54H2. The highest BCUT2D eigenvalue weighted by atomic mass is 79.9. The minimum atomic E-state index is 0.689. The summed E-state index contributed by atoms with van der Waals surface area (Å²) in [6, 6.07) is 92.1. The van der Waals surface area contributed by atoms with Crippen molar-refractivity contribution >= 4 is 65.7 Å². The molecule has 408 valence electrons. The number of fused-ring (bicyclic) bond motifs is 1. The lowest BCUT2D eigenvalue weighted by Crippen LogP contribution is -2.09. The highest BCUT2D eigenvalue weighted by Gasteiger charge is 2.17. The van der Waals surface area contributed by atoms with E-state index in [4.69, 9.17) is 19.2 Å². The Morgan fingerprint density at radius 1 is 0.366 bits per heavy atom. The van der Waals surface area contributed by atoms with Crippen LogP contribution in [0.5, 0.6) is 17.2 Å². The molecule has 0 fully saturated rings. The number of aromatic nitrogens is 1. The predicted octanol–water partition coefficient (Wildman–Crippen LogP) is 21.1. The van der Waals surface area contributed by atoms with Crippen molar-refractivity contribution < 1.29 is 14.2 Å². The smallest absolute Gasteiger partial charge is 0.124 e. The van der Waals surface area contributed by atoms with Crippen molar-refractivity contribution in [3.8, 4) is 38.9 Å². The Morgan fingerprint density at radius 2 is 0.768 bits per heavy atom. The maximum Gasteiger partial charge on any atom is 0.124 e. The molecule has 0 amide bonds. The van der Waals surface area contributed by atoms with Gasteiger partial charge in [0.1, 0.15) is 22.3 Å². The molecule has 10 aromatic carbocycles. The summed E-state index contributed by atoms with van der Waals surface area (Å²) in [4.78, 5) is 7.24. The van der Waals surface area contributed by atoms with Gasteiger partial charge in [0.05, 0.1) is 30.0 Å². The van der Waals surface area contributed by atoms with Gasteiger partial charge in [-0.3, -0.25) is 0 Å². The third kappa shape index (κ3) is 14.7. The molecule has 0 N–H and O–H groups in total. The van der Waals surface area contributed by atoms with Gasteiger partial charge in [0.15, 0.2) is 0 Å². The van der Waals surface area contributed by atoms with Crippen LogP contribution in [0.25, 0.3) is 43.1 Å². The molecule has 0 radical (unpaired) electrons. The lowest BCUT2D eigenvalue weighted by atomic mass is 9.85. The molecule has 0 bridgehead atoms. The van der Waals surface area contributed by atoms with Crippen LogP contribution in [0, 0.1) is 0 Å². The number of aryl methyl sites for hydroxylation is 1. The lowest BCUT2D eigenvalue weighted by molar-refractivity contribution is 0.297. The van der Waals surface area contributed by atoms with E-state index in [2.05, 4.69) is 270 Å². The van der Waals surface area contributed by atoms with E-state index in [1.165, 1.54) is 51.8 Å². The van der Waals surface area contributed by atoms with Crippen LogP contribution in [0.15, 0.2) is 265 Å². The van der Waals surface area contributed by atoms with Gasteiger partial charge in [-0.2, -0.15) is 0 Å².